The van der Waals surface area contributed by atoms with Crippen LogP contribution in [0.1, 0.15) is 38.2 Å². The molecular formula is C18H30N4. The summed E-state index contributed by atoms with van der Waals surface area (Å²) in [6.07, 6.45) is 10.2. The summed E-state index contributed by atoms with van der Waals surface area (Å²) in [5.74, 6) is 2.74. The molecular weight excluding hydrogens is 272 g/mol. The third-order valence-corrected chi connectivity index (χ3v) is 4.66. The van der Waals surface area contributed by atoms with Crippen molar-refractivity contribution in [3.63, 3.8) is 0 Å². The van der Waals surface area contributed by atoms with Gasteiger partial charge in [-0.05, 0) is 42.7 Å². The molecule has 22 heavy (non-hydrogen) atoms. The van der Waals surface area contributed by atoms with Crippen LogP contribution in [0, 0.1) is 11.8 Å². The maximum Gasteiger partial charge on any atom is 0.193 e. The zero-order valence-corrected chi connectivity index (χ0v) is 14.3. The standard InChI is InChI=1S/C18H30N4/c1-15-6-8-17(9-7-15)14-22(3)18(19-2)21-12-10-16-5-4-11-20-13-16/h4-5,11,13,15,17H,6-10,12,14H2,1-3H3,(H,19,21). The van der Waals surface area contributed by atoms with Crippen molar-refractivity contribution >= 4 is 5.96 Å². The van der Waals surface area contributed by atoms with Crippen molar-refractivity contribution in [2.24, 2.45) is 16.8 Å². The number of rotatable bonds is 5. The van der Waals surface area contributed by atoms with Crippen LogP contribution in [0.25, 0.3) is 0 Å². The van der Waals surface area contributed by atoms with Crippen molar-refractivity contribution in [1.29, 1.82) is 0 Å². The van der Waals surface area contributed by atoms with Crippen molar-refractivity contribution in [3.8, 4) is 0 Å². The summed E-state index contributed by atoms with van der Waals surface area (Å²) in [5, 5.41) is 3.46. The van der Waals surface area contributed by atoms with E-state index in [0.717, 1.165) is 37.3 Å². The van der Waals surface area contributed by atoms with Gasteiger partial charge in [-0.2, -0.15) is 0 Å². The second-order valence-corrected chi connectivity index (χ2v) is 6.59. The van der Waals surface area contributed by atoms with E-state index in [1.807, 2.05) is 25.5 Å². The normalized spacial score (nSPS) is 22.4. The number of aromatic nitrogens is 1. The summed E-state index contributed by atoms with van der Waals surface area (Å²) in [6, 6.07) is 4.10. The van der Waals surface area contributed by atoms with Gasteiger partial charge in [-0.25, -0.2) is 0 Å². The van der Waals surface area contributed by atoms with Crippen molar-refractivity contribution in [2.75, 3.05) is 27.2 Å². The number of hydrogen-bond donors (Lipinski definition) is 1. The molecule has 0 aromatic carbocycles. The number of aliphatic imine (C=N–C) groups is 1. The highest BCUT2D eigenvalue weighted by atomic mass is 15.3. The monoisotopic (exact) mass is 302 g/mol. The summed E-state index contributed by atoms with van der Waals surface area (Å²) < 4.78 is 0. The Kier molecular flexibility index (Phi) is 6.69. The highest BCUT2D eigenvalue weighted by Crippen LogP contribution is 2.28. The van der Waals surface area contributed by atoms with E-state index in [2.05, 4.69) is 40.2 Å². The van der Waals surface area contributed by atoms with Gasteiger partial charge in [0.1, 0.15) is 0 Å². The first-order valence-electron chi connectivity index (χ1n) is 8.49. The number of guanidine groups is 1. The fourth-order valence-corrected chi connectivity index (χ4v) is 3.23. The summed E-state index contributed by atoms with van der Waals surface area (Å²) in [4.78, 5) is 10.8. The molecule has 0 spiro atoms. The molecule has 0 aliphatic heterocycles. The van der Waals surface area contributed by atoms with Crippen LogP contribution >= 0.6 is 0 Å². The molecule has 4 heteroatoms. The predicted octanol–water partition coefficient (Wildman–Crippen LogP) is 2.96. The first-order chi connectivity index (χ1) is 10.7. The van der Waals surface area contributed by atoms with E-state index in [4.69, 9.17) is 0 Å². The number of hydrogen-bond acceptors (Lipinski definition) is 2. The molecule has 1 saturated carbocycles. The van der Waals surface area contributed by atoms with E-state index in [-0.39, 0.29) is 0 Å². The molecule has 4 nitrogen and oxygen atoms in total. The van der Waals surface area contributed by atoms with Crippen LogP contribution in [-0.4, -0.2) is 43.0 Å². The topological polar surface area (TPSA) is 40.5 Å². The third-order valence-electron chi connectivity index (χ3n) is 4.66. The number of nitrogens with one attached hydrogen (secondary N) is 1. The Hall–Kier alpha value is -1.58. The van der Waals surface area contributed by atoms with Gasteiger partial charge >= 0.3 is 0 Å². The Labute approximate surface area is 135 Å². The Morgan fingerprint density at radius 2 is 2.14 bits per heavy atom. The summed E-state index contributed by atoms with van der Waals surface area (Å²) in [6.45, 7) is 4.38. The summed E-state index contributed by atoms with van der Waals surface area (Å²) in [5.41, 5.74) is 1.26. The first kappa shape index (κ1) is 16.8. The van der Waals surface area contributed by atoms with E-state index in [0.29, 0.717) is 0 Å². The maximum absolute atomic E-state index is 4.42. The maximum atomic E-state index is 4.42. The van der Waals surface area contributed by atoms with Crippen LogP contribution in [0.5, 0.6) is 0 Å². The van der Waals surface area contributed by atoms with E-state index in [9.17, 15) is 0 Å². The van der Waals surface area contributed by atoms with E-state index < -0.39 is 0 Å². The quantitative estimate of drug-likeness (QED) is 0.671. The molecule has 1 N–H and O–H groups in total. The smallest absolute Gasteiger partial charge is 0.193 e. The average molecular weight is 302 g/mol. The molecule has 0 saturated heterocycles. The minimum Gasteiger partial charge on any atom is -0.356 e. The molecule has 122 valence electrons. The molecule has 0 atom stereocenters. The minimum absolute atomic E-state index is 0.818. The van der Waals surface area contributed by atoms with Gasteiger partial charge in [-0.3, -0.25) is 9.98 Å². The SMILES string of the molecule is CN=C(NCCc1cccnc1)N(C)CC1CCC(C)CC1. The van der Waals surface area contributed by atoms with Gasteiger partial charge < -0.3 is 10.2 Å². The molecule has 1 aliphatic rings. The fraction of sp³-hybridized carbons (Fsp3) is 0.667. The molecule has 0 unspecified atom stereocenters. The number of pyridine rings is 1. The lowest BCUT2D eigenvalue weighted by Crippen LogP contribution is -2.42. The molecule has 1 aliphatic carbocycles. The lowest BCUT2D eigenvalue weighted by atomic mass is 9.83. The first-order valence-corrected chi connectivity index (χ1v) is 8.49. The Bertz CT molecular complexity index is 449. The van der Waals surface area contributed by atoms with Gasteiger partial charge in [0.25, 0.3) is 0 Å². The average Bonchev–Trinajstić information content (AvgIpc) is 2.54. The van der Waals surface area contributed by atoms with E-state index >= 15 is 0 Å². The molecule has 0 bridgehead atoms. The van der Waals surface area contributed by atoms with Gasteiger partial charge in [-0.15, -0.1) is 0 Å². The van der Waals surface area contributed by atoms with E-state index in [1.165, 1.54) is 31.2 Å². The minimum atomic E-state index is 0.818. The highest BCUT2D eigenvalue weighted by molar-refractivity contribution is 5.79. The van der Waals surface area contributed by atoms with Gasteiger partial charge in [0, 0.05) is 39.6 Å². The fourth-order valence-electron chi connectivity index (χ4n) is 3.23. The van der Waals surface area contributed by atoms with Crippen LogP contribution in [0.2, 0.25) is 0 Å². The van der Waals surface area contributed by atoms with Gasteiger partial charge in [0.05, 0.1) is 0 Å². The molecule has 1 fully saturated rings. The zero-order valence-electron chi connectivity index (χ0n) is 14.3. The Morgan fingerprint density at radius 3 is 2.77 bits per heavy atom. The largest absolute Gasteiger partial charge is 0.356 e. The van der Waals surface area contributed by atoms with Gasteiger partial charge in [0.15, 0.2) is 5.96 Å². The third kappa shape index (κ3) is 5.32. The van der Waals surface area contributed by atoms with Crippen molar-refractivity contribution in [3.05, 3.63) is 30.1 Å². The highest BCUT2D eigenvalue weighted by Gasteiger charge is 2.20. The molecule has 1 aromatic heterocycles. The van der Waals surface area contributed by atoms with Gasteiger partial charge in [0.2, 0.25) is 0 Å². The Balaban J connectivity index is 1.73. The number of nitrogens with zero attached hydrogens (tertiary/aromatic N) is 3. The van der Waals surface area contributed by atoms with Crippen LogP contribution in [0.15, 0.2) is 29.5 Å². The van der Waals surface area contributed by atoms with Crippen LogP contribution in [0.3, 0.4) is 0 Å². The van der Waals surface area contributed by atoms with E-state index in [1.54, 1.807) is 0 Å². The van der Waals surface area contributed by atoms with Crippen LogP contribution in [-0.2, 0) is 6.42 Å². The molecule has 1 aromatic rings. The van der Waals surface area contributed by atoms with Crippen LogP contribution < -0.4 is 5.32 Å². The molecule has 0 amide bonds. The lowest BCUT2D eigenvalue weighted by Gasteiger charge is -2.31. The van der Waals surface area contributed by atoms with Crippen molar-refractivity contribution in [1.82, 2.24) is 15.2 Å². The van der Waals surface area contributed by atoms with Crippen LogP contribution in [0.4, 0.5) is 0 Å². The molecule has 2 rings (SSSR count). The summed E-state index contributed by atoms with van der Waals surface area (Å²) in [7, 11) is 4.02. The zero-order chi connectivity index (χ0) is 15.8. The Morgan fingerprint density at radius 1 is 1.36 bits per heavy atom. The molecule has 1 heterocycles. The van der Waals surface area contributed by atoms with Gasteiger partial charge in [-0.1, -0.05) is 25.8 Å². The predicted molar refractivity (Wildman–Crippen MR) is 93.1 cm³/mol. The van der Waals surface area contributed by atoms with Crippen molar-refractivity contribution < 1.29 is 0 Å². The molecule has 0 radical (unpaired) electrons. The summed E-state index contributed by atoms with van der Waals surface area (Å²) >= 11 is 0. The van der Waals surface area contributed by atoms with Crippen molar-refractivity contribution in [2.45, 2.75) is 39.0 Å². The second-order valence-electron chi connectivity index (χ2n) is 6.59. The lowest BCUT2D eigenvalue weighted by molar-refractivity contribution is 0.250. The second kappa shape index (κ2) is 8.76.